The quantitative estimate of drug-likeness (QED) is 0.852. The zero-order chi connectivity index (χ0) is 12.4. The zero-order valence-electron chi connectivity index (χ0n) is 9.28. The van der Waals surface area contributed by atoms with E-state index in [4.69, 9.17) is 9.84 Å². The molecule has 1 N–H and O–H groups in total. The molecule has 7 heteroatoms. The fourth-order valence-corrected chi connectivity index (χ4v) is 1.26. The molecule has 0 saturated carbocycles. The maximum Gasteiger partial charge on any atom is 0.339 e. The fourth-order valence-electron chi connectivity index (χ4n) is 1.26. The number of rotatable bonds is 3. The van der Waals surface area contributed by atoms with Crippen LogP contribution < -0.4 is 4.74 Å². The molecule has 0 saturated heterocycles. The van der Waals surface area contributed by atoms with Crippen LogP contribution in [-0.4, -0.2) is 30.8 Å². The van der Waals surface area contributed by atoms with Crippen LogP contribution in [0, 0.1) is 6.92 Å². The molecule has 0 aliphatic heterocycles. The summed E-state index contributed by atoms with van der Waals surface area (Å²) in [7, 11) is 1.76. The molecule has 0 spiro atoms. The Morgan fingerprint density at radius 2 is 2.24 bits per heavy atom. The van der Waals surface area contributed by atoms with Gasteiger partial charge in [0, 0.05) is 13.2 Å². The van der Waals surface area contributed by atoms with Gasteiger partial charge in [-0.15, -0.1) is 0 Å². The van der Waals surface area contributed by atoms with Crippen molar-refractivity contribution in [2.24, 2.45) is 7.05 Å². The van der Waals surface area contributed by atoms with Crippen LogP contribution >= 0.6 is 0 Å². The second-order valence-corrected chi connectivity index (χ2v) is 3.41. The van der Waals surface area contributed by atoms with Crippen LogP contribution in [0.5, 0.6) is 11.8 Å². The van der Waals surface area contributed by atoms with Gasteiger partial charge in [0.1, 0.15) is 0 Å². The zero-order valence-corrected chi connectivity index (χ0v) is 9.28. The van der Waals surface area contributed by atoms with E-state index in [0.717, 1.165) is 0 Å². The number of aromatic carboxylic acids is 1. The van der Waals surface area contributed by atoms with E-state index >= 15 is 0 Å². The summed E-state index contributed by atoms with van der Waals surface area (Å²) in [5.41, 5.74) is 0.412. The van der Waals surface area contributed by atoms with Gasteiger partial charge in [-0.3, -0.25) is 4.68 Å². The van der Waals surface area contributed by atoms with E-state index in [-0.39, 0.29) is 11.6 Å². The molecule has 0 bridgehead atoms. The van der Waals surface area contributed by atoms with Crippen molar-refractivity contribution in [3.63, 3.8) is 0 Å². The van der Waals surface area contributed by atoms with Crippen molar-refractivity contribution in [1.29, 1.82) is 0 Å². The minimum Gasteiger partial charge on any atom is -0.478 e. The standard InChI is InChI=1S/C10H10N4O3/c1-6-8(9(15)16)4-11-10(13-6)17-7-3-12-14(2)5-7/h3-5H,1-2H3,(H,15,16). The molecule has 0 aromatic carbocycles. The predicted octanol–water partition coefficient (Wildman–Crippen LogP) is 1.01. The third-order valence-electron chi connectivity index (χ3n) is 2.08. The number of hydrogen-bond acceptors (Lipinski definition) is 5. The maximum absolute atomic E-state index is 10.8. The SMILES string of the molecule is Cc1nc(Oc2cnn(C)c2)ncc1C(=O)O. The molecule has 0 amide bonds. The lowest BCUT2D eigenvalue weighted by atomic mass is 10.2. The van der Waals surface area contributed by atoms with Gasteiger partial charge in [-0.1, -0.05) is 0 Å². The smallest absolute Gasteiger partial charge is 0.339 e. The van der Waals surface area contributed by atoms with Crippen molar-refractivity contribution in [1.82, 2.24) is 19.7 Å². The molecule has 2 aromatic rings. The minimum atomic E-state index is -1.06. The van der Waals surface area contributed by atoms with Gasteiger partial charge < -0.3 is 9.84 Å². The normalized spacial score (nSPS) is 10.2. The van der Waals surface area contributed by atoms with Crippen LogP contribution in [-0.2, 0) is 7.05 Å². The molecule has 0 fully saturated rings. The number of carboxylic acids is 1. The number of aromatic nitrogens is 4. The summed E-state index contributed by atoms with van der Waals surface area (Å²) in [6, 6.07) is 0.0977. The van der Waals surface area contributed by atoms with Crippen LogP contribution in [0.25, 0.3) is 0 Å². The van der Waals surface area contributed by atoms with Gasteiger partial charge in [-0.25, -0.2) is 9.78 Å². The first-order valence-electron chi connectivity index (χ1n) is 4.79. The highest BCUT2D eigenvalue weighted by Gasteiger charge is 2.11. The van der Waals surface area contributed by atoms with E-state index in [9.17, 15) is 4.79 Å². The van der Waals surface area contributed by atoms with E-state index in [1.165, 1.54) is 12.4 Å². The third-order valence-corrected chi connectivity index (χ3v) is 2.08. The average molecular weight is 234 g/mol. The number of carboxylic acid groups (broad SMARTS) is 1. The van der Waals surface area contributed by atoms with Gasteiger partial charge in [0.05, 0.1) is 23.7 Å². The van der Waals surface area contributed by atoms with Gasteiger partial charge in [-0.05, 0) is 6.92 Å². The van der Waals surface area contributed by atoms with E-state index in [0.29, 0.717) is 11.4 Å². The van der Waals surface area contributed by atoms with E-state index in [1.807, 2.05) is 0 Å². The van der Waals surface area contributed by atoms with Crippen LogP contribution in [0.4, 0.5) is 0 Å². The maximum atomic E-state index is 10.8. The number of carbonyl (C=O) groups is 1. The fraction of sp³-hybridized carbons (Fsp3) is 0.200. The highest BCUT2D eigenvalue weighted by atomic mass is 16.5. The van der Waals surface area contributed by atoms with Crippen molar-refractivity contribution in [3.05, 3.63) is 29.8 Å². The molecule has 2 heterocycles. The van der Waals surface area contributed by atoms with Gasteiger partial charge in [0.15, 0.2) is 5.75 Å². The summed E-state index contributed by atoms with van der Waals surface area (Å²) < 4.78 is 6.89. The number of hydrogen-bond donors (Lipinski definition) is 1. The molecule has 0 radical (unpaired) electrons. The van der Waals surface area contributed by atoms with Gasteiger partial charge in [0.2, 0.25) is 0 Å². The Labute approximate surface area is 96.7 Å². The van der Waals surface area contributed by atoms with Gasteiger partial charge >= 0.3 is 12.0 Å². The Morgan fingerprint density at radius 3 is 2.76 bits per heavy atom. The lowest BCUT2D eigenvalue weighted by Crippen LogP contribution is -2.04. The molecule has 0 atom stereocenters. The third kappa shape index (κ3) is 2.39. The Bertz CT molecular complexity index is 564. The lowest BCUT2D eigenvalue weighted by Gasteiger charge is -2.03. The van der Waals surface area contributed by atoms with Gasteiger partial charge in [0.25, 0.3) is 0 Å². The Morgan fingerprint density at radius 1 is 1.47 bits per heavy atom. The number of nitrogens with zero attached hydrogens (tertiary/aromatic N) is 4. The first kappa shape index (κ1) is 11.1. The van der Waals surface area contributed by atoms with Crippen LogP contribution in [0.3, 0.4) is 0 Å². The molecule has 88 valence electrons. The lowest BCUT2D eigenvalue weighted by molar-refractivity contribution is 0.0695. The topological polar surface area (TPSA) is 90.1 Å². The van der Waals surface area contributed by atoms with E-state index < -0.39 is 5.97 Å². The summed E-state index contributed by atoms with van der Waals surface area (Å²) in [6.45, 7) is 1.58. The summed E-state index contributed by atoms with van der Waals surface area (Å²) >= 11 is 0. The summed E-state index contributed by atoms with van der Waals surface area (Å²) in [5, 5.41) is 12.7. The Kier molecular flexibility index (Phi) is 2.73. The second-order valence-electron chi connectivity index (χ2n) is 3.41. The second kappa shape index (κ2) is 4.20. The summed E-state index contributed by atoms with van der Waals surface area (Å²) in [5.74, 6) is -0.564. The van der Waals surface area contributed by atoms with E-state index in [2.05, 4.69) is 15.1 Å². The molecule has 0 aliphatic carbocycles. The average Bonchev–Trinajstić information content (AvgIpc) is 2.63. The first-order valence-corrected chi connectivity index (χ1v) is 4.79. The van der Waals surface area contributed by atoms with Crippen LogP contribution in [0.1, 0.15) is 16.1 Å². The van der Waals surface area contributed by atoms with Gasteiger partial charge in [-0.2, -0.15) is 10.1 Å². The van der Waals surface area contributed by atoms with Crippen molar-refractivity contribution in [2.45, 2.75) is 6.92 Å². The molecule has 2 aromatic heterocycles. The monoisotopic (exact) mass is 234 g/mol. The molecular weight excluding hydrogens is 224 g/mol. The van der Waals surface area contributed by atoms with Crippen molar-refractivity contribution in [2.75, 3.05) is 0 Å². The van der Waals surface area contributed by atoms with Crippen molar-refractivity contribution < 1.29 is 14.6 Å². The Balaban J connectivity index is 2.23. The van der Waals surface area contributed by atoms with Crippen molar-refractivity contribution in [3.8, 4) is 11.8 Å². The molecule has 2 rings (SSSR count). The van der Waals surface area contributed by atoms with Crippen molar-refractivity contribution >= 4 is 5.97 Å². The van der Waals surface area contributed by atoms with Crippen LogP contribution in [0.15, 0.2) is 18.6 Å². The molecule has 7 nitrogen and oxygen atoms in total. The highest BCUT2D eigenvalue weighted by Crippen LogP contribution is 2.17. The molecular formula is C10H10N4O3. The minimum absolute atomic E-state index is 0.0588. The summed E-state index contributed by atoms with van der Waals surface area (Å²) in [4.78, 5) is 18.5. The number of ether oxygens (including phenoxy) is 1. The summed E-state index contributed by atoms with van der Waals surface area (Å²) in [6.07, 6.45) is 4.39. The molecule has 0 aliphatic rings. The van der Waals surface area contributed by atoms with E-state index in [1.54, 1.807) is 24.9 Å². The number of aryl methyl sites for hydroxylation is 2. The van der Waals surface area contributed by atoms with Crippen LogP contribution in [0.2, 0.25) is 0 Å². The highest BCUT2D eigenvalue weighted by molar-refractivity contribution is 5.88. The molecule has 17 heavy (non-hydrogen) atoms. The Hall–Kier alpha value is -2.44. The first-order chi connectivity index (χ1) is 8.06. The predicted molar refractivity (Wildman–Crippen MR) is 57.0 cm³/mol. The largest absolute Gasteiger partial charge is 0.478 e. The molecule has 0 unspecified atom stereocenters.